The van der Waals surface area contributed by atoms with Gasteiger partial charge in [0.1, 0.15) is 18.1 Å². The summed E-state index contributed by atoms with van der Waals surface area (Å²) in [6, 6.07) is 0. The van der Waals surface area contributed by atoms with Gasteiger partial charge in [0.05, 0.1) is 16.3 Å². The van der Waals surface area contributed by atoms with Gasteiger partial charge in [-0.15, -0.1) is 0 Å². The summed E-state index contributed by atoms with van der Waals surface area (Å²) in [5.74, 6) is 0.242. The number of nitrogens with two attached hydrogens (primary N) is 1. The van der Waals surface area contributed by atoms with Crippen molar-refractivity contribution in [2.45, 2.75) is 103 Å². The molecule has 0 aromatic carbocycles. The van der Waals surface area contributed by atoms with E-state index in [0.29, 0.717) is 13.0 Å². The molecule has 7 nitrogen and oxygen atoms in total. The van der Waals surface area contributed by atoms with Gasteiger partial charge in [-0.1, -0.05) is 41.5 Å². The molecular weight excluding hydrogens is 541 g/mol. The maximum absolute atomic E-state index is 12.5. The standard InChI is InChI=1S/C21H40IN3O4Si2/c1-20(2,3)30(7,8)27-13-16-15(29-31(9,10)21(4,5)6)11-17(28-16)25-12-14(22)18(23)24-19(25)26/h12,15-17H,11,13H2,1-10H3,(H2,23,24,26)/t15-,16-,17-/m1/s1. The van der Waals surface area contributed by atoms with Gasteiger partial charge in [-0.05, 0) is 58.9 Å². The van der Waals surface area contributed by atoms with Crippen molar-refractivity contribution >= 4 is 45.0 Å². The Morgan fingerprint density at radius 2 is 1.71 bits per heavy atom. The van der Waals surface area contributed by atoms with Gasteiger partial charge in [0, 0.05) is 12.6 Å². The van der Waals surface area contributed by atoms with E-state index in [1.54, 1.807) is 6.20 Å². The van der Waals surface area contributed by atoms with Crippen LogP contribution < -0.4 is 11.4 Å². The molecule has 0 aliphatic carbocycles. The molecular formula is C21H40IN3O4Si2. The van der Waals surface area contributed by atoms with Crippen molar-refractivity contribution in [1.82, 2.24) is 9.55 Å². The number of nitrogens with zero attached hydrogens (tertiary/aromatic N) is 2. The summed E-state index contributed by atoms with van der Waals surface area (Å²) in [6.45, 7) is 22.8. The third-order valence-electron chi connectivity index (χ3n) is 7.09. The Morgan fingerprint density at radius 3 is 2.23 bits per heavy atom. The van der Waals surface area contributed by atoms with E-state index in [9.17, 15) is 4.79 Å². The van der Waals surface area contributed by atoms with Gasteiger partial charge in [0.25, 0.3) is 0 Å². The molecule has 1 aliphatic rings. The van der Waals surface area contributed by atoms with E-state index in [0.717, 1.165) is 3.57 Å². The van der Waals surface area contributed by atoms with Crippen molar-refractivity contribution in [3.63, 3.8) is 0 Å². The number of nitrogen functional groups attached to an aromatic ring is 1. The minimum absolute atomic E-state index is 0.0743. The molecule has 1 aromatic heterocycles. The van der Waals surface area contributed by atoms with Gasteiger partial charge in [0.2, 0.25) is 0 Å². The summed E-state index contributed by atoms with van der Waals surface area (Å²) in [5.41, 5.74) is 5.40. The zero-order valence-corrected chi connectivity index (χ0v) is 24.9. The number of halogens is 1. The minimum atomic E-state index is -2.04. The highest BCUT2D eigenvalue weighted by Crippen LogP contribution is 2.42. The molecule has 3 atom stereocenters. The molecule has 0 spiro atoms. The fourth-order valence-electron chi connectivity index (χ4n) is 2.87. The summed E-state index contributed by atoms with van der Waals surface area (Å²) in [5, 5.41) is 0.180. The third-order valence-corrected chi connectivity index (χ3v) is 16.9. The van der Waals surface area contributed by atoms with Gasteiger partial charge in [-0.25, -0.2) is 4.79 Å². The fraction of sp³-hybridized carbons (Fsp3) is 0.810. The van der Waals surface area contributed by atoms with Crippen molar-refractivity contribution < 1.29 is 13.6 Å². The van der Waals surface area contributed by atoms with Crippen LogP contribution in [-0.4, -0.2) is 45.0 Å². The predicted octanol–water partition coefficient (Wildman–Crippen LogP) is 5.13. The molecule has 1 aromatic rings. The number of hydrogen-bond acceptors (Lipinski definition) is 6. The van der Waals surface area contributed by atoms with Crippen LogP contribution >= 0.6 is 22.6 Å². The molecule has 10 heteroatoms. The molecule has 0 unspecified atom stereocenters. The Balaban J connectivity index is 2.31. The van der Waals surface area contributed by atoms with Crippen LogP contribution in [0.4, 0.5) is 5.82 Å². The molecule has 2 N–H and O–H groups in total. The number of hydrogen-bond donors (Lipinski definition) is 1. The van der Waals surface area contributed by atoms with Gasteiger partial charge >= 0.3 is 5.69 Å². The highest BCUT2D eigenvalue weighted by atomic mass is 127. The van der Waals surface area contributed by atoms with Crippen molar-refractivity contribution in [1.29, 1.82) is 0 Å². The molecule has 2 rings (SSSR count). The zero-order chi connectivity index (χ0) is 24.0. The first-order chi connectivity index (χ1) is 13.9. The molecule has 0 radical (unpaired) electrons. The van der Waals surface area contributed by atoms with E-state index in [2.05, 4.69) is 95.3 Å². The molecule has 0 saturated carbocycles. The Bertz CT molecular complexity index is 846. The first-order valence-corrected chi connectivity index (χ1v) is 17.8. The van der Waals surface area contributed by atoms with E-state index in [4.69, 9.17) is 19.3 Å². The summed E-state index contributed by atoms with van der Waals surface area (Å²) >= 11 is 2.09. The minimum Gasteiger partial charge on any atom is -0.414 e. The number of ether oxygens (including phenoxy) is 1. The Kier molecular flexibility index (Phi) is 7.98. The van der Waals surface area contributed by atoms with Crippen LogP contribution in [0.5, 0.6) is 0 Å². The van der Waals surface area contributed by atoms with Gasteiger partial charge < -0.3 is 19.3 Å². The predicted molar refractivity (Wildman–Crippen MR) is 139 cm³/mol. The molecule has 2 heterocycles. The molecule has 178 valence electrons. The topological polar surface area (TPSA) is 88.6 Å². The number of aromatic nitrogens is 2. The van der Waals surface area contributed by atoms with Crippen molar-refractivity contribution in [3.8, 4) is 0 Å². The van der Waals surface area contributed by atoms with Crippen LogP contribution in [-0.2, 0) is 13.6 Å². The van der Waals surface area contributed by atoms with Crippen LogP contribution in [0.3, 0.4) is 0 Å². The van der Waals surface area contributed by atoms with Crippen molar-refractivity contribution in [2.24, 2.45) is 0 Å². The number of anilines is 1. The van der Waals surface area contributed by atoms with Crippen molar-refractivity contribution in [2.75, 3.05) is 12.3 Å². The Hall–Kier alpha value is -0.276. The van der Waals surface area contributed by atoms with E-state index in [1.807, 2.05) is 0 Å². The first kappa shape index (κ1) is 27.0. The molecule has 1 fully saturated rings. The monoisotopic (exact) mass is 581 g/mol. The van der Waals surface area contributed by atoms with Crippen LogP contribution in [0, 0.1) is 3.57 Å². The normalized spacial score (nSPS) is 23.4. The fourth-order valence-corrected chi connectivity index (χ4v) is 5.66. The first-order valence-electron chi connectivity index (χ1n) is 10.9. The second-order valence-electron chi connectivity index (χ2n) is 11.5. The van der Waals surface area contributed by atoms with Crippen molar-refractivity contribution in [3.05, 3.63) is 20.3 Å². The van der Waals surface area contributed by atoms with E-state index >= 15 is 0 Å². The average Bonchev–Trinajstić information content (AvgIpc) is 2.96. The van der Waals surface area contributed by atoms with E-state index in [-0.39, 0.29) is 28.1 Å². The van der Waals surface area contributed by atoms with Crippen LogP contribution in [0.25, 0.3) is 0 Å². The summed E-state index contributed by atoms with van der Waals surface area (Å²) < 4.78 is 21.9. The third kappa shape index (κ3) is 6.20. The van der Waals surface area contributed by atoms with Crippen LogP contribution in [0.15, 0.2) is 11.0 Å². The summed E-state index contributed by atoms with van der Waals surface area (Å²) in [6.07, 6.45) is 1.47. The molecule has 1 saturated heterocycles. The van der Waals surface area contributed by atoms with Gasteiger partial charge in [0.15, 0.2) is 16.6 Å². The quantitative estimate of drug-likeness (QED) is 0.370. The molecule has 31 heavy (non-hydrogen) atoms. The molecule has 1 aliphatic heterocycles. The van der Waals surface area contributed by atoms with Gasteiger partial charge in [-0.2, -0.15) is 4.98 Å². The maximum atomic E-state index is 12.5. The largest absolute Gasteiger partial charge is 0.414 e. The number of rotatable bonds is 6. The lowest BCUT2D eigenvalue weighted by Crippen LogP contribution is -2.48. The molecule has 0 bridgehead atoms. The maximum Gasteiger partial charge on any atom is 0.351 e. The highest BCUT2D eigenvalue weighted by molar-refractivity contribution is 14.1. The van der Waals surface area contributed by atoms with E-state index < -0.39 is 28.6 Å². The van der Waals surface area contributed by atoms with Crippen LogP contribution in [0.2, 0.25) is 36.3 Å². The smallest absolute Gasteiger partial charge is 0.351 e. The summed E-state index contributed by atoms with van der Waals surface area (Å²) in [7, 11) is -3.98. The second kappa shape index (κ2) is 9.17. The molecule has 0 amide bonds. The lowest BCUT2D eigenvalue weighted by atomic mass is 10.2. The van der Waals surface area contributed by atoms with Crippen LogP contribution in [0.1, 0.15) is 54.2 Å². The summed E-state index contributed by atoms with van der Waals surface area (Å²) in [4.78, 5) is 16.5. The van der Waals surface area contributed by atoms with E-state index in [1.165, 1.54) is 4.57 Å². The SMILES string of the molecule is CC(C)(C)[Si](C)(C)OC[C@H]1O[C@@H](n2cc(I)c(N)nc2=O)C[C@H]1O[Si](C)(C)C(C)(C)C. The Labute approximate surface area is 202 Å². The second-order valence-corrected chi connectivity index (χ2v) is 22.2. The zero-order valence-electron chi connectivity index (χ0n) is 20.7. The lowest BCUT2D eigenvalue weighted by Gasteiger charge is -2.40. The highest BCUT2D eigenvalue weighted by Gasteiger charge is 2.46. The van der Waals surface area contributed by atoms with Gasteiger partial charge in [-0.3, -0.25) is 4.57 Å². The average molecular weight is 582 g/mol. The Morgan fingerprint density at radius 1 is 1.16 bits per heavy atom. The lowest BCUT2D eigenvalue weighted by molar-refractivity contribution is -0.0412.